The Hall–Kier alpha value is -0.353. The van der Waals surface area contributed by atoms with Gasteiger partial charge in [-0.25, -0.2) is 0 Å². The predicted octanol–water partition coefficient (Wildman–Crippen LogP) is 0.483. The summed E-state index contributed by atoms with van der Waals surface area (Å²) in [6.45, 7) is 11.0. The Labute approximate surface area is 88.9 Å². The molecule has 3 atom stereocenters. The zero-order chi connectivity index (χ0) is 11.1. The van der Waals surface area contributed by atoms with Crippen LogP contribution in [0.15, 0.2) is 0 Å². The maximum Gasteiger partial charge on any atom is 0.233 e. The average molecular weight is 214 g/mol. The fourth-order valence-corrected chi connectivity index (χ4v) is 3.62. The molecule has 82 valence electrons. The van der Waals surface area contributed by atoms with E-state index >= 15 is 0 Å². The molecule has 0 saturated carbocycles. The molecular formula is C10H22N2OSi. The fraction of sp³-hybridized carbons (Fsp3) is 0.900. The summed E-state index contributed by atoms with van der Waals surface area (Å²) in [5.74, 6) is 0.167. The molecule has 1 aliphatic heterocycles. The fourth-order valence-electron chi connectivity index (χ4n) is 1.54. The molecule has 1 heterocycles. The molecule has 0 spiro atoms. The van der Waals surface area contributed by atoms with Crippen LogP contribution >= 0.6 is 0 Å². The summed E-state index contributed by atoms with van der Waals surface area (Å²) < 4.78 is 2.03. The van der Waals surface area contributed by atoms with Gasteiger partial charge in [0.15, 0.2) is 0 Å². The lowest BCUT2D eigenvalue weighted by molar-refractivity contribution is -0.140. The highest BCUT2D eigenvalue weighted by atomic mass is 28.2. The number of carbonyl (C=O) groups excluding carboxylic acids is 1. The number of nitrogens with two attached hydrogens (primary N) is 1. The number of rotatable bonds is 2. The zero-order valence-electron chi connectivity index (χ0n) is 9.87. The molecule has 14 heavy (non-hydrogen) atoms. The second kappa shape index (κ2) is 3.66. The van der Waals surface area contributed by atoms with E-state index in [1.807, 2.05) is 4.57 Å². The van der Waals surface area contributed by atoms with Crippen molar-refractivity contribution in [3.63, 3.8) is 0 Å². The second-order valence-electron chi connectivity index (χ2n) is 5.52. The Bertz CT molecular complexity index is 237. The first-order chi connectivity index (χ1) is 6.25. The summed E-state index contributed by atoms with van der Waals surface area (Å²) >= 11 is 0. The number of hydrogen-bond acceptors (Lipinski definition) is 2. The second-order valence-corrected chi connectivity index (χ2v) is 7.80. The highest BCUT2D eigenvalue weighted by molar-refractivity contribution is 6.40. The van der Waals surface area contributed by atoms with Crippen molar-refractivity contribution in [2.45, 2.75) is 52.2 Å². The summed E-state index contributed by atoms with van der Waals surface area (Å²) in [5, 5.41) is 0. The van der Waals surface area contributed by atoms with Crippen molar-refractivity contribution in [3.05, 3.63) is 0 Å². The molecule has 4 heteroatoms. The van der Waals surface area contributed by atoms with Crippen molar-refractivity contribution >= 4 is 15.6 Å². The molecule has 3 unspecified atom stereocenters. The molecule has 0 aromatic carbocycles. The van der Waals surface area contributed by atoms with E-state index in [0.29, 0.717) is 11.0 Å². The van der Waals surface area contributed by atoms with Gasteiger partial charge < -0.3 is 10.3 Å². The highest BCUT2D eigenvalue weighted by Gasteiger charge is 2.42. The third-order valence-electron chi connectivity index (χ3n) is 3.53. The molecule has 0 aromatic heterocycles. The lowest BCUT2D eigenvalue weighted by atomic mass is 9.93. The van der Waals surface area contributed by atoms with Crippen molar-refractivity contribution in [3.8, 4) is 0 Å². The molecule has 1 fully saturated rings. The largest absolute Gasteiger partial charge is 0.369 e. The van der Waals surface area contributed by atoms with Crippen LogP contribution in [-0.2, 0) is 4.79 Å². The van der Waals surface area contributed by atoms with E-state index in [-0.39, 0.29) is 18.0 Å². The third kappa shape index (κ3) is 2.01. The van der Waals surface area contributed by atoms with Crippen LogP contribution in [0, 0.1) is 5.41 Å². The van der Waals surface area contributed by atoms with Gasteiger partial charge in [-0.1, -0.05) is 27.7 Å². The van der Waals surface area contributed by atoms with Crippen LogP contribution in [0.2, 0.25) is 5.54 Å². The van der Waals surface area contributed by atoms with Gasteiger partial charge in [0.25, 0.3) is 0 Å². The number of β-lactam (4-membered cyclic amide) rings is 1. The summed E-state index contributed by atoms with van der Waals surface area (Å²) in [5.41, 5.74) is 6.62. The highest BCUT2D eigenvalue weighted by Crippen LogP contribution is 2.32. The van der Waals surface area contributed by atoms with Crippen molar-refractivity contribution in [1.29, 1.82) is 0 Å². The molecule has 3 nitrogen and oxygen atoms in total. The summed E-state index contributed by atoms with van der Waals surface area (Å²) in [6, 6.07) is 0.0497. The van der Waals surface area contributed by atoms with E-state index in [4.69, 9.17) is 5.73 Å². The monoisotopic (exact) mass is 214 g/mol. The standard InChI is InChI=1S/C10H22N2OSi/c1-6-8(11)9(13)12(6)14-7(2)10(3,4)5/h6-8H,11,14H2,1-5H3. The maximum absolute atomic E-state index is 11.5. The van der Waals surface area contributed by atoms with Crippen LogP contribution in [0.5, 0.6) is 0 Å². The van der Waals surface area contributed by atoms with Crippen LogP contribution in [0.3, 0.4) is 0 Å². The zero-order valence-corrected chi connectivity index (χ0v) is 11.3. The van der Waals surface area contributed by atoms with Crippen molar-refractivity contribution in [2.75, 3.05) is 0 Å². The molecule has 1 rings (SSSR count). The third-order valence-corrected chi connectivity index (χ3v) is 6.58. The molecule has 0 aromatic rings. The van der Waals surface area contributed by atoms with Crippen LogP contribution in [-0.4, -0.2) is 32.2 Å². The Kier molecular flexibility index (Phi) is 3.06. The van der Waals surface area contributed by atoms with Crippen molar-refractivity contribution in [1.82, 2.24) is 4.57 Å². The van der Waals surface area contributed by atoms with Crippen LogP contribution in [0.1, 0.15) is 34.6 Å². The number of hydrogen-bond donors (Lipinski definition) is 1. The normalized spacial score (nSPS) is 31.0. The first kappa shape index (κ1) is 11.7. The molecule has 0 aliphatic carbocycles. The van der Waals surface area contributed by atoms with Gasteiger partial charge in [0.1, 0.15) is 15.7 Å². The van der Waals surface area contributed by atoms with Gasteiger partial charge in [0.2, 0.25) is 5.91 Å². The first-order valence-electron chi connectivity index (χ1n) is 5.31. The van der Waals surface area contributed by atoms with Crippen molar-refractivity contribution < 1.29 is 4.79 Å². The van der Waals surface area contributed by atoms with E-state index < -0.39 is 9.68 Å². The smallest absolute Gasteiger partial charge is 0.233 e. The lowest BCUT2D eigenvalue weighted by Gasteiger charge is -2.46. The molecule has 1 saturated heterocycles. The van der Waals surface area contributed by atoms with Gasteiger partial charge in [-0.15, -0.1) is 0 Å². The summed E-state index contributed by atoms with van der Waals surface area (Å²) in [6.07, 6.45) is 0. The number of amides is 1. The summed E-state index contributed by atoms with van der Waals surface area (Å²) in [4.78, 5) is 11.5. The van der Waals surface area contributed by atoms with Gasteiger partial charge in [0, 0.05) is 6.04 Å². The predicted molar refractivity (Wildman–Crippen MR) is 61.7 cm³/mol. The van der Waals surface area contributed by atoms with Gasteiger partial charge in [-0.05, 0) is 17.9 Å². The number of nitrogens with zero attached hydrogens (tertiary/aromatic N) is 1. The van der Waals surface area contributed by atoms with E-state index in [1.165, 1.54) is 0 Å². The Morgan fingerprint density at radius 1 is 1.50 bits per heavy atom. The molecule has 0 radical (unpaired) electrons. The van der Waals surface area contributed by atoms with Crippen molar-refractivity contribution in [2.24, 2.45) is 11.1 Å². The van der Waals surface area contributed by atoms with E-state index in [2.05, 4.69) is 34.6 Å². The number of carbonyl (C=O) groups is 1. The van der Waals surface area contributed by atoms with Gasteiger partial charge in [-0.3, -0.25) is 4.79 Å². The molecule has 2 N–H and O–H groups in total. The SMILES string of the molecule is CC1C(N)C(=O)N1[SiH2]C(C)C(C)(C)C. The van der Waals surface area contributed by atoms with Gasteiger partial charge in [-0.2, -0.15) is 0 Å². The maximum atomic E-state index is 11.5. The van der Waals surface area contributed by atoms with Crippen LogP contribution in [0.4, 0.5) is 0 Å². The Morgan fingerprint density at radius 2 is 2.00 bits per heavy atom. The first-order valence-corrected chi connectivity index (χ1v) is 6.76. The van der Waals surface area contributed by atoms with E-state index in [1.54, 1.807) is 0 Å². The quantitative estimate of drug-likeness (QED) is 0.537. The van der Waals surface area contributed by atoms with Gasteiger partial charge >= 0.3 is 0 Å². The van der Waals surface area contributed by atoms with Crippen LogP contribution < -0.4 is 5.73 Å². The van der Waals surface area contributed by atoms with E-state index in [0.717, 1.165) is 0 Å². The summed E-state index contributed by atoms with van der Waals surface area (Å²) in [7, 11) is -0.480. The lowest BCUT2D eigenvalue weighted by Crippen LogP contribution is -2.69. The Balaban J connectivity index is 2.51. The van der Waals surface area contributed by atoms with Crippen LogP contribution in [0.25, 0.3) is 0 Å². The Morgan fingerprint density at radius 3 is 2.36 bits per heavy atom. The molecule has 1 amide bonds. The molecule has 0 bridgehead atoms. The average Bonchev–Trinajstić information content (AvgIpc) is 2.10. The minimum Gasteiger partial charge on any atom is -0.369 e. The minimum absolute atomic E-state index is 0.167. The topological polar surface area (TPSA) is 46.3 Å². The minimum atomic E-state index is -0.480. The van der Waals surface area contributed by atoms with Gasteiger partial charge in [0.05, 0.1) is 0 Å². The van der Waals surface area contributed by atoms with E-state index in [9.17, 15) is 4.79 Å². The molecular weight excluding hydrogens is 192 g/mol. The molecule has 1 aliphatic rings.